The van der Waals surface area contributed by atoms with Gasteiger partial charge in [0.05, 0.1) is 13.0 Å². The van der Waals surface area contributed by atoms with Gasteiger partial charge in [-0.25, -0.2) is 0 Å². The first kappa shape index (κ1) is 26.4. The molecule has 1 saturated heterocycles. The van der Waals surface area contributed by atoms with Crippen molar-refractivity contribution >= 4 is 5.97 Å². The Hall–Kier alpha value is -0.610. The Balaban J connectivity index is 2.01. The number of methoxy groups -OCH3 is 1. The molecule has 0 aliphatic carbocycles. The number of rotatable bonds is 16. The molecule has 1 rings (SSSR count). The number of piperidine rings is 1. The summed E-state index contributed by atoms with van der Waals surface area (Å²) >= 11 is 0. The highest BCUT2D eigenvalue weighted by Gasteiger charge is 2.25. The van der Waals surface area contributed by atoms with Crippen LogP contribution in [0.5, 0.6) is 0 Å². The van der Waals surface area contributed by atoms with Crippen molar-refractivity contribution in [2.45, 2.75) is 104 Å². The van der Waals surface area contributed by atoms with Gasteiger partial charge < -0.3 is 15.0 Å². The average Bonchev–Trinajstić information content (AvgIpc) is 2.70. The van der Waals surface area contributed by atoms with Crippen LogP contribution in [0.2, 0.25) is 0 Å². The second-order valence-corrected chi connectivity index (χ2v) is 10.0. The first-order valence-corrected chi connectivity index (χ1v) is 12.5. The molecule has 0 spiro atoms. The summed E-state index contributed by atoms with van der Waals surface area (Å²) < 4.78 is 4.87. The molecule has 4 nitrogen and oxygen atoms in total. The Labute approximate surface area is 181 Å². The number of unbranched alkanes of at least 4 members (excludes halogenated alkanes) is 4. The van der Waals surface area contributed by atoms with Crippen LogP contribution in [0.15, 0.2) is 0 Å². The summed E-state index contributed by atoms with van der Waals surface area (Å²) in [7, 11) is 1.50. The van der Waals surface area contributed by atoms with Crippen LogP contribution >= 0.6 is 0 Å². The Morgan fingerprint density at radius 3 is 2.00 bits per heavy atom. The molecule has 0 unspecified atom stereocenters. The molecule has 1 aliphatic rings. The van der Waals surface area contributed by atoms with E-state index in [9.17, 15) is 4.79 Å². The number of carbonyl (C=O) groups excluding carboxylic acids is 1. The Kier molecular flexibility index (Phi) is 14.7. The minimum absolute atomic E-state index is 0.0195. The molecule has 0 radical (unpaired) electrons. The second-order valence-electron chi connectivity index (χ2n) is 10.0. The van der Waals surface area contributed by atoms with Crippen molar-refractivity contribution < 1.29 is 9.53 Å². The maximum absolute atomic E-state index is 11.6. The Morgan fingerprint density at radius 1 is 0.897 bits per heavy atom. The van der Waals surface area contributed by atoms with Crippen molar-refractivity contribution in [2.75, 3.05) is 33.3 Å². The van der Waals surface area contributed by atoms with E-state index < -0.39 is 0 Å². The normalized spacial score (nSPS) is 16.3. The van der Waals surface area contributed by atoms with Crippen molar-refractivity contribution in [3.05, 3.63) is 0 Å². The van der Waals surface area contributed by atoms with Crippen molar-refractivity contribution in [1.29, 1.82) is 0 Å². The van der Waals surface area contributed by atoms with E-state index in [0.717, 1.165) is 37.8 Å². The lowest BCUT2D eigenvalue weighted by Gasteiger charge is -2.30. The highest BCUT2D eigenvalue weighted by Crippen LogP contribution is 2.19. The maximum atomic E-state index is 11.6. The van der Waals surface area contributed by atoms with Gasteiger partial charge in [-0.15, -0.1) is 0 Å². The fraction of sp³-hybridized carbons (Fsp3) is 0.960. The standard InChI is InChI=1S/C25H50N2O2/c1-21(2)11-13-24(14-12-22(3)4)26-17-9-7-6-8-10-18-27-19-15-23(16-20-27)25(28)29-5/h21-24,26H,6-20H2,1-5H3. The molecular formula is C25H50N2O2. The fourth-order valence-electron chi connectivity index (χ4n) is 4.27. The molecule has 0 amide bonds. The first-order chi connectivity index (χ1) is 13.9. The zero-order valence-corrected chi connectivity index (χ0v) is 20.2. The number of carbonyl (C=O) groups is 1. The number of hydrogen-bond donors (Lipinski definition) is 1. The number of nitrogens with one attached hydrogen (secondary N) is 1. The predicted molar refractivity (Wildman–Crippen MR) is 124 cm³/mol. The topological polar surface area (TPSA) is 41.6 Å². The van der Waals surface area contributed by atoms with Gasteiger partial charge >= 0.3 is 5.97 Å². The smallest absolute Gasteiger partial charge is 0.308 e. The molecule has 0 saturated carbocycles. The molecule has 1 N–H and O–H groups in total. The summed E-state index contributed by atoms with van der Waals surface area (Å²) in [5.74, 6) is 1.73. The van der Waals surface area contributed by atoms with E-state index in [-0.39, 0.29) is 11.9 Å². The minimum atomic E-state index is -0.0195. The zero-order chi connectivity index (χ0) is 21.5. The minimum Gasteiger partial charge on any atom is -0.469 e. The highest BCUT2D eigenvalue weighted by atomic mass is 16.5. The molecule has 0 aromatic rings. The maximum Gasteiger partial charge on any atom is 0.308 e. The van der Waals surface area contributed by atoms with Gasteiger partial charge in [-0.2, -0.15) is 0 Å². The quantitative estimate of drug-likeness (QED) is 0.264. The Morgan fingerprint density at radius 2 is 1.45 bits per heavy atom. The second kappa shape index (κ2) is 16.1. The molecule has 1 heterocycles. The number of likely N-dealkylation sites (tertiary alicyclic amines) is 1. The summed E-state index contributed by atoms with van der Waals surface area (Å²) in [6.45, 7) is 13.8. The molecule has 0 aromatic heterocycles. The van der Waals surface area contributed by atoms with Crippen LogP contribution < -0.4 is 5.32 Å². The largest absolute Gasteiger partial charge is 0.469 e. The lowest BCUT2D eigenvalue weighted by atomic mass is 9.96. The van der Waals surface area contributed by atoms with E-state index in [0.29, 0.717) is 6.04 Å². The van der Waals surface area contributed by atoms with E-state index >= 15 is 0 Å². The third-order valence-corrected chi connectivity index (χ3v) is 6.39. The van der Waals surface area contributed by atoms with E-state index in [1.807, 2.05) is 0 Å². The van der Waals surface area contributed by atoms with Crippen LogP contribution in [0, 0.1) is 17.8 Å². The average molecular weight is 411 g/mol. The SMILES string of the molecule is COC(=O)C1CCN(CCCCCCCNC(CCC(C)C)CCC(C)C)CC1. The molecule has 0 atom stereocenters. The van der Waals surface area contributed by atoms with E-state index in [4.69, 9.17) is 4.74 Å². The third-order valence-electron chi connectivity index (χ3n) is 6.39. The zero-order valence-electron chi connectivity index (χ0n) is 20.2. The molecule has 0 bridgehead atoms. The number of hydrogen-bond acceptors (Lipinski definition) is 4. The molecule has 1 aliphatic heterocycles. The van der Waals surface area contributed by atoms with Gasteiger partial charge in [-0.05, 0) is 89.4 Å². The molecule has 1 fully saturated rings. The Bertz CT molecular complexity index is 392. The van der Waals surface area contributed by atoms with Crippen molar-refractivity contribution in [2.24, 2.45) is 17.8 Å². The van der Waals surface area contributed by atoms with Crippen LogP contribution in [0.3, 0.4) is 0 Å². The van der Waals surface area contributed by atoms with Crippen LogP contribution in [-0.2, 0) is 9.53 Å². The van der Waals surface area contributed by atoms with Crippen LogP contribution in [0.1, 0.15) is 98.3 Å². The summed E-state index contributed by atoms with van der Waals surface area (Å²) in [5, 5.41) is 3.85. The highest BCUT2D eigenvalue weighted by molar-refractivity contribution is 5.72. The van der Waals surface area contributed by atoms with Gasteiger partial charge in [0.15, 0.2) is 0 Å². The van der Waals surface area contributed by atoms with Gasteiger partial charge in [0.25, 0.3) is 0 Å². The van der Waals surface area contributed by atoms with Gasteiger partial charge in [0.1, 0.15) is 0 Å². The third kappa shape index (κ3) is 13.3. The van der Waals surface area contributed by atoms with Gasteiger partial charge in [0, 0.05) is 6.04 Å². The van der Waals surface area contributed by atoms with Gasteiger partial charge in [-0.1, -0.05) is 47.0 Å². The summed E-state index contributed by atoms with van der Waals surface area (Å²) in [4.78, 5) is 14.1. The molecular weight excluding hydrogens is 360 g/mol. The van der Waals surface area contributed by atoms with Gasteiger partial charge in [0.2, 0.25) is 0 Å². The molecule has 4 heteroatoms. The van der Waals surface area contributed by atoms with Crippen LogP contribution in [0.4, 0.5) is 0 Å². The molecule has 0 aromatic carbocycles. The lowest BCUT2D eigenvalue weighted by molar-refractivity contribution is -0.147. The lowest BCUT2D eigenvalue weighted by Crippen LogP contribution is -2.37. The number of ether oxygens (including phenoxy) is 1. The van der Waals surface area contributed by atoms with E-state index in [1.54, 1.807) is 0 Å². The van der Waals surface area contributed by atoms with Crippen LogP contribution in [-0.4, -0.2) is 50.2 Å². The predicted octanol–water partition coefficient (Wildman–Crippen LogP) is 5.65. The van der Waals surface area contributed by atoms with E-state index in [2.05, 4.69) is 37.9 Å². The fourth-order valence-corrected chi connectivity index (χ4v) is 4.27. The van der Waals surface area contributed by atoms with Crippen LogP contribution in [0.25, 0.3) is 0 Å². The molecule has 172 valence electrons. The summed E-state index contributed by atoms with van der Waals surface area (Å²) in [6, 6.07) is 0.715. The van der Waals surface area contributed by atoms with Crippen molar-refractivity contribution in [1.82, 2.24) is 10.2 Å². The number of esters is 1. The van der Waals surface area contributed by atoms with E-state index in [1.165, 1.54) is 78.0 Å². The van der Waals surface area contributed by atoms with Gasteiger partial charge in [-0.3, -0.25) is 4.79 Å². The monoisotopic (exact) mass is 410 g/mol. The number of nitrogens with zero attached hydrogens (tertiary/aromatic N) is 1. The first-order valence-electron chi connectivity index (χ1n) is 12.5. The molecule has 29 heavy (non-hydrogen) atoms. The summed E-state index contributed by atoms with van der Waals surface area (Å²) in [6.07, 6.45) is 13.9. The van der Waals surface area contributed by atoms with Crippen molar-refractivity contribution in [3.63, 3.8) is 0 Å². The summed E-state index contributed by atoms with van der Waals surface area (Å²) in [5.41, 5.74) is 0. The van der Waals surface area contributed by atoms with Crippen molar-refractivity contribution in [3.8, 4) is 0 Å².